The number of aromatic carboxylic acids is 1. The third-order valence-electron chi connectivity index (χ3n) is 3.97. The van der Waals surface area contributed by atoms with Crippen molar-refractivity contribution in [2.75, 3.05) is 19.5 Å². The number of hydrogen-bond donors (Lipinski definition) is 3. The number of fused-ring (bicyclic) bond motifs is 1. The van der Waals surface area contributed by atoms with E-state index in [0.29, 0.717) is 10.8 Å². The second kappa shape index (κ2) is 7.20. The zero-order chi connectivity index (χ0) is 19.6. The van der Waals surface area contributed by atoms with Crippen molar-refractivity contribution in [3.05, 3.63) is 64.1 Å². The van der Waals surface area contributed by atoms with Gasteiger partial charge in [0.1, 0.15) is 5.69 Å². The molecule has 3 rings (SSSR count). The first-order valence-electron chi connectivity index (χ1n) is 7.87. The number of ether oxygens (including phenoxy) is 2. The fraction of sp³-hybridized carbons (Fsp3) is 0.105. The number of rotatable bonds is 5. The van der Waals surface area contributed by atoms with Crippen LogP contribution in [-0.4, -0.2) is 36.2 Å². The van der Waals surface area contributed by atoms with Gasteiger partial charge in [-0.25, -0.2) is 4.79 Å². The molecule has 0 radical (unpaired) electrons. The van der Waals surface area contributed by atoms with Gasteiger partial charge in [-0.1, -0.05) is 18.2 Å². The number of carbonyl (C=O) groups excluding carboxylic acids is 1. The van der Waals surface area contributed by atoms with E-state index in [4.69, 9.17) is 9.47 Å². The largest absolute Gasteiger partial charge is 0.493 e. The number of carboxylic acid groups (broad SMARTS) is 1. The number of amides is 1. The third-order valence-corrected chi connectivity index (χ3v) is 3.97. The number of hydrogen-bond acceptors (Lipinski definition) is 5. The van der Waals surface area contributed by atoms with Gasteiger partial charge in [-0.2, -0.15) is 0 Å². The van der Waals surface area contributed by atoms with Crippen molar-refractivity contribution in [2.24, 2.45) is 0 Å². The van der Waals surface area contributed by atoms with Crippen LogP contribution in [-0.2, 0) is 0 Å². The van der Waals surface area contributed by atoms with E-state index in [2.05, 4.69) is 10.3 Å². The monoisotopic (exact) mass is 368 g/mol. The van der Waals surface area contributed by atoms with E-state index in [1.807, 2.05) is 0 Å². The van der Waals surface area contributed by atoms with Gasteiger partial charge in [0.25, 0.3) is 11.5 Å². The molecule has 0 aliphatic heterocycles. The zero-order valence-corrected chi connectivity index (χ0v) is 14.5. The van der Waals surface area contributed by atoms with Gasteiger partial charge in [0.05, 0.1) is 25.5 Å². The summed E-state index contributed by atoms with van der Waals surface area (Å²) < 4.78 is 10.4. The summed E-state index contributed by atoms with van der Waals surface area (Å²) >= 11 is 0. The maximum atomic E-state index is 12.6. The average Bonchev–Trinajstić information content (AvgIpc) is 2.67. The van der Waals surface area contributed by atoms with Gasteiger partial charge >= 0.3 is 5.97 Å². The molecule has 2 aromatic carbocycles. The summed E-state index contributed by atoms with van der Waals surface area (Å²) in [5.41, 5.74) is -0.356. The maximum Gasteiger partial charge on any atom is 0.335 e. The molecule has 0 fully saturated rings. The van der Waals surface area contributed by atoms with Crippen molar-refractivity contribution in [3.8, 4) is 11.5 Å². The smallest absolute Gasteiger partial charge is 0.335 e. The van der Waals surface area contributed by atoms with E-state index in [-0.39, 0.29) is 28.4 Å². The van der Waals surface area contributed by atoms with Crippen LogP contribution in [0, 0.1) is 0 Å². The number of aromatic amines is 1. The Morgan fingerprint density at radius 1 is 1.07 bits per heavy atom. The fourth-order valence-corrected chi connectivity index (χ4v) is 2.70. The second-order valence-electron chi connectivity index (χ2n) is 5.62. The first-order chi connectivity index (χ1) is 12.9. The molecule has 27 heavy (non-hydrogen) atoms. The minimum absolute atomic E-state index is 0.0282. The summed E-state index contributed by atoms with van der Waals surface area (Å²) in [6, 6.07) is 10.9. The molecule has 3 aromatic rings. The number of pyridine rings is 1. The zero-order valence-electron chi connectivity index (χ0n) is 14.5. The number of aromatic nitrogens is 1. The van der Waals surface area contributed by atoms with Crippen LogP contribution in [0.15, 0.2) is 47.3 Å². The third kappa shape index (κ3) is 3.45. The first kappa shape index (κ1) is 18.0. The summed E-state index contributed by atoms with van der Waals surface area (Å²) in [6.45, 7) is 0. The number of carboxylic acids is 1. The molecule has 1 amide bonds. The Morgan fingerprint density at radius 2 is 1.81 bits per heavy atom. The van der Waals surface area contributed by atoms with Gasteiger partial charge in [-0.15, -0.1) is 0 Å². The lowest BCUT2D eigenvalue weighted by Crippen LogP contribution is -2.19. The topological polar surface area (TPSA) is 118 Å². The molecule has 0 aliphatic rings. The Labute approximate surface area is 153 Å². The fourth-order valence-electron chi connectivity index (χ4n) is 2.70. The van der Waals surface area contributed by atoms with Gasteiger partial charge in [0, 0.05) is 5.39 Å². The van der Waals surface area contributed by atoms with Crippen LogP contribution in [0.2, 0.25) is 0 Å². The Balaban J connectivity index is 2.04. The predicted molar refractivity (Wildman–Crippen MR) is 99.0 cm³/mol. The van der Waals surface area contributed by atoms with Crippen LogP contribution >= 0.6 is 0 Å². The molecule has 0 unspecified atom stereocenters. The highest BCUT2D eigenvalue weighted by Gasteiger charge is 2.19. The molecule has 0 bridgehead atoms. The van der Waals surface area contributed by atoms with Crippen molar-refractivity contribution in [3.63, 3.8) is 0 Å². The highest BCUT2D eigenvalue weighted by atomic mass is 16.5. The van der Waals surface area contributed by atoms with E-state index < -0.39 is 17.4 Å². The molecule has 0 spiro atoms. The summed E-state index contributed by atoms with van der Waals surface area (Å²) in [5.74, 6) is -1.50. The minimum atomic E-state index is -1.19. The van der Waals surface area contributed by atoms with Crippen LogP contribution < -0.4 is 20.3 Å². The van der Waals surface area contributed by atoms with Crippen molar-refractivity contribution < 1.29 is 24.2 Å². The lowest BCUT2D eigenvalue weighted by molar-refractivity contribution is 0.0696. The molecular formula is C19H16N2O6. The second-order valence-corrected chi connectivity index (χ2v) is 5.62. The van der Waals surface area contributed by atoms with Crippen molar-refractivity contribution in [1.82, 2.24) is 4.98 Å². The molecule has 0 aliphatic carbocycles. The molecular weight excluding hydrogens is 352 g/mol. The SMILES string of the molecule is COc1cc(C(=O)O)cc(NC(=O)c2cc3ccccc3c(=O)[nH]2)c1OC. The van der Waals surface area contributed by atoms with E-state index in [0.717, 1.165) is 0 Å². The van der Waals surface area contributed by atoms with Gasteiger partial charge in [-0.05, 0) is 29.7 Å². The minimum Gasteiger partial charge on any atom is -0.493 e. The van der Waals surface area contributed by atoms with Gasteiger partial charge < -0.3 is 24.9 Å². The van der Waals surface area contributed by atoms with Crippen LogP contribution in [0.3, 0.4) is 0 Å². The Bertz CT molecular complexity index is 1100. The molecule has 138 valence electrons. The standard InChI is InChI=1S/C19H16N2O6/c1-26-15-9-11(19(24)25)8-13(16(15)27-2)20-18(23)14-7-10-5-3-4-6-12(10)17(22)21-14/h3-9H,1-2H3,(H,20,23)(H,21,22)(H,24,25). The quantitative estimate of drug-likeness (QED) is 0.637. The lowest BCUT2D eigenvalue weighted by atomic mass is 10.1. The number of methoxy groups -OCH3 is 2. The van der Waals surface area contributed by atoms with E-state index in [1.165, 1.54) is 32.4 Å². The van der Waals surface area contributed by atoms with Crippen LogP contribution in [0.4, 0.5) is 5.69 Å². The number of H-pyrrole nitrogens is 1. The van der Waals surface area contributed by atoms with E-state index in [1.54, 1.807) is 24.3 Å². The van der Waals surface area contributed by atoms with Crippen LogP contribution in [0.25, 0.3) is 10.8 Å². The number of benzene rings is 2. The molecule has 0 atom stereocenters. The number of nitrogens with one attached hydrogen (secondary N) is 2. The first-order valence-corrected chi connectivity index (χ1v) is 7.87. The van der Waals surface area contributed by atoms with Crippen molar-refractivity contribution >= 4 is 28.3 Å². The Hall–Kier alpha value is -3.81. The summed E-state index contributed by atoms with van der Waals surface area (Å²) in [5, 5.41) is 12.9. The van der Waals surface area contributed by atoms with Gasteiger partial charge in [0.2, 0.25) is 0 Å². The Morgan fingerprint density at radius 3 is 2.48 bits per heavy atom. The molecule has 1 aromatic heterocycles. The molecule has 1 heterocycles. The molecule has 0 saturated carbocycles. The van der Waals surface area contributed by atoms with Crippen molar-refractivity contribution in [2.45, 2.75) is 0 Å². The normalized spacial score (nSPS) is 10.4. The van der Waals surface area contributed by atoms with E-state index in [9.17, 15) is 19.5 Å². The average molecular weight is 368 g/mol. The number of carbonyl (C=O) groups is 2. The summed E-state index contributed by atoms with van der Waals surface area (Å²) in [6.07, 6.45) is 0. The number of anilines is 1. The van der Waals surface area contributed by atoms with Gasteiger partial charge in [0.15, 0.2) is 11.5 Å². The molecule has 8 nitrogen and oxygen atoms in total. The van der Waals surface area contributed by atoms with Gasteiger partial charge in [-0.3, -0.25) is 9.59 Å². The maximum absolute atomic E-state index is 12.6. The van der Waals surface area contributed by atoms with Crippen molar-refractivity contribution in [1.29, 1.82) is 0 Å². The molecule has 8 heteroatoms. The van der Waals surface area contributed by atoms with Crippen LogP contribution in [0.5, 0.6) is 11.5 Å². The van der Waals surface area contributed by atoms with Crippen LogP contribution in [0.1, 0.15) is 20.8 Å². The highest BCUT2D eigenvalue weighted by Crippen LogP contribution is 2.36. The lowest BCUT2D eigenvalue weighted by Gasteiger charge is -2.15. The predicted octanol–water partition coefficient (Wildman–Crippen LogP) is 2.50. The highest BCUT2D eigenvalue weighted by molar-refractivity contribution is 6.06. The summed E-state index contributed by atoms with van der Waals surface area (Å²) in [7, 11) is 2.72. The van der Waals surface area contributed by atoms with E-state index >= 15 is 0 Å². The molecule has 0 saturated heterocycles. The Kier molecular flexibility index (Phi) is 4.80. The molecule has 3 N–H and O–H groups in total. The summed E-state index contributed by atoms with van der Waals surface area (Å²) in [4.78, 5) is 38.6.